The number of hydrogen-bond acceptors (Lipinski definition) is 6. The van der Waals surface area contributed by atoms with Gasteiger partial charge < -0.3 is 9.47 Å². The number of aromatic nitrogens is 4. The van der Waals surface area contributed by atoms with Gasteiger partial charge in [0.25, 0.3) is 5.56 Å². The molecule has 4 aromatic rings. The highest BCUT2D eigenvalue weighted by Gasteiger charge is 2.21. The lowest BCUT2D eigenvalue weighted by molar-refractivity contribution is 0.0600. The summed E-state index contributed by atoms with van der Waals surface area (Å²) in [7, 11) is 4.26. The van der Waals surface area contributed by atoms with Crippen molar-refractivity contribution < 1.29 is 14.3 Å². The van der Waals surface area contributed by atoms with E-state index < -0.39 is 17.2 Å². The van der Waals surface area contributed by atoms with Crippen molar-refractivity contribution in [2.45, 2.75) is 6.54 Å². The van der Waals surface area contributed by atoms with Crippen LogP contribution in [-0.2, 0) is 25.4 Å². The van der Waals surface area contributed by atoms with Crippen LogP contribution in [0.1, 0.15) is 15.9 Å². The Hall–Kier alpha value is -3.85. The van der Waals surface area contributed by atoms with E-state index >= 15 is 0 Å². The molecule has 0 unspecified atom stereocenters. The largest absolute Gasteiger partial charge is 0.465 e. The van der Waals surface area contributed by atoms with Gasteiger partial charge in [-0.3, -0.25) is 18.5 Å². The standard InChI is InChI=1S/C22H19ClN4O5/c1-25-18-17(19(28)26(2)22(25)30)27(12-13-4-8-15(23)9-5-13)21(24-18)32-16-10-6-14(7-11-16)20(29)31-3/h4-11H,12H2,1-3H3. The van der Waals surface area contributed by atoms with E-state index in [1.807, 2.05) is 12.1 Å². The van der Waals surface area contributed by atoms with Gasteiger partial charge in [-0.25, -0.2) is 9.59 Å². The average Bonchev–Trinajstić information content (AvgIpc) is 3.15. The van der Waals surface area contributed by atoms with E-state index in [0.717, 1.165) is 10.1 Å². The maximum Gasteiger partial charge on any atom is 0.337 e. The van der Waals surface area contributed by atoms with Crippen molar-refractivity contribution in [3.8, 4) is 11.8 Å². The summed E-state index contributed by atoms with van der Waals surface area (Å²) in [4.78, 5) is 41.4. The second-order valence-electron chi connectivity index (χ2n) is 7.10. The first-order valence-electron chi connectivity index (χ1n) is 9.57. The average molecular weight is 455 g/mol. The van der Waals surface area contributed by atoms with Gasteiger partial charge in [-0.15, -0.1) is 0 Å². The van der Waals surface area contributed by atoms with Crippen molar-refractivity contribution in [1.29, 1.82) is 0 Å². The molecule has 2 aromatic carbocycles. The van der Waals surface area contributed by atoms with Gasteiger partial charge in [-0.05, 0) is 42.0 Å². The highest BCUT2D eigenvalue weighted by molar-refractivity contribution is 6.30. The second kappa shape index (κ2) is 8.35. The fourth-order valence-corrected chi connectivity index (χ4v) is 3.43. The third kappa shape index (κ3) is 3.78. The highest BCUT2D eigenvalue weighted by Crippen LogP contribution is 2.26. The number of hydrogen-bond donors (Lipinski definition) is 0. The monoisotopic (exact) mass is 454 g/mol. The number of esters is 1. The van der Waals surface area contributed by atoms with Gasteiger partial charge in [0.05, 0.1) is 19.2 Å². The molecule has 9 nitrogen and oxygen atoms in total. The summed E-state index contributed by atoms with van der Waals surface area (Å²) >= 11 is 5.99. The van der Waals surface area contributed by atoms with Gasteiger partial charge in [-0.2, -0.15) is 4.98 Å². The highest BCUT2D eigenvalue weighted by atomic mass is 35.5. The van der Waals surface area contributed by atoms with Gasteiger partial charge >= 0.3 is 17.7 Å². The molecule has 0 aliphatic rings. The second-order valence-corrected chi connectivity index (χ2v) is 7.54. The minimum absolute atomic E-state index is 0.124. The molecule has 2 aromatic heterocycles. The topological polar surface area (TPSA) is 97.4 Å². The number of nitrogens with zero attached hydrogens (tertiary/aromatic N) is 4. The van der Waals surface area contributed by atoms with Crippen LogP contribution in [-0.4, -0.2) is 31.8 Å². The van der Waals surface area contributed by atoms with E-state index in [2.05, 4.69) is 4.98 Å². The quantitative estimate of drug-likeness (QED) is 0.430. The van der Waals surface area contributed by atoms with Gasteiger partial charge in [0.2, 0.25) is 0 Å². The van der Waals surface area contributed by atoms with E-state index in [-0.39, 0.29) is 23.7 Å². The number of carbonyl (C=O) groups is 1. The van der Waals surface area contributed by atoms with Crippen LogP contribution < -0.4 is 16.0 Å². The predicted molar refractivity (Wildman–Crippen MR) is 119 cm³/mol. The summed E-state index contributed by atoms with van der Waals surface area (Å²) in [6.07, 6.45) is 0. The van der Waals surface area contributed by atoms with Crippen molar-refractivity contribution in [2.75, 3.05) is 7.11 Å². The summed E-state index contributed by atoms with van der Waals surface area (Å²) < 4.78 is 14.6. The van der Waals surface area contributed by atoms with E-state index in [1.54, 1.807) is 48.0 Å². The van der Waals surface area contributed by atoms with E-state index in [4.69, 9.17) is 21.1 Å². The fourth-order valence-electron chi connectivity index (χ4n) is 3.31. The molecule has 2 heterocycles. The van der Waals surface area contributed by atoms with Gasteiger partial charge in [-0.1, -0.05) is 23.7 Å². The molecule has 0 amide bonds. The van der Waals surface area contributed by atoms with E-state index in [1.165, 1.54) is 18.7 Å². The molecule has 32 heavy (non-hydrogen) atoms. The van der Waals surface area contributed by atoms with Crippen LogP contribution >= 0.6 is 11.6 Å². The number of carbonyl (C=O) groups excluding carboxylic acids is 1. The minimum Gasteiger partial charge on any atom is -0.465 e. The molecule has 0 radical (unpaired) electrons. The number of ether oxygens (including phenoxy) is 2. The van der Waals surface area contributed by atoms with Crippen molar-refractivity contribution in [3.63, 3.8) is 0 Å². The Morgan fingerprint density at radius 3 is 2.28 bits per heavy atom. The molecule has 0 aliphatic carbocycles. The number of aryl methyl sites for hydroxylation is 1. The van der Waals surface area contributed by atoms with Crippen molar-refractivity contribution in [3.05, 3.63) is 85.5 Å². The Balaban J connectivity index is 1.85. The molecule has 0 fully saturated rings. The maximum absolute atomic E-state index is 12.9. The summed E-state index contributed by atoms with van der Waals surface area (Å²) in [6, 6.07) is 13.6. The number of imidazole rings is 1. The lowest BCUT2D eigenvalue weighted by Crippen LogP contribution is -2.37. The molecule has 0 bridgehead atoms. The van der Waals surface area contributed by atoms with Crippen LogP contribution in [0.4, 0.5) is 0 Å². The number of benzene rings is 2. The number of methoxy groups -OCH3 is 1. The van der Waals surface area contributed by atoms with Crippen molar-refractivity contribution in [2.24, 2.45) is 14.1 Å². The lowest BCUT2D eigenvalue weighted by atomic mass is 10.2. The summed E-state index contributed by atoms with van der Waals surface area (Å²) in [5.41, 5.74) is 0.674. The zero-order valence-electron chi connectivity index (χ0n) is 17.5. The summed E-state index contributed by atoms with van der Waals surface area (Å²) in [5, 5.41) is 0.588. The minimum atomic E-state index is -0.493. The number of rotatable bonds is 5. The molecule has 164 valence electrons. The Labute approximate surface area is 187 Å². The Morgan fingerprint density at radius 2 is 1.66 bits per heavy atom. The molecule has 4 rings (SSSR count). The van der Waals surface area contributed by atoms with Gasteiger partial charge in [0.15, 0.2) is 11.2 Å². The van der Waals surface area contributed by atoms with Crippen molar-refractivity contribution in [1.82, 2.24) is 18.7 Å². The molecule has 0 saturated carbocycles. The van der Waals surface area contributed by atoms with Crippen LogP contribution in [0.2, 0.25) is 5.02 Å². The van der Waals surface area contributed by atoms with Crippen LogP contribution in [0.25, 0.3) is 11.2 Å². The van der Waals surface area contributed by atoms with Crippen LogP contribution in [0, 0.1) is 0 Å². The first kappa shape index (κ1) is 21.4. The number of halogens is 1. The van der Waals surface area contributed by atoms with Gasteiger partial charge in [0.1, 0.15) is 5.75 Å². The zero-order valence-corrected chi connectivity index (χ0v) is 18.3. The third-order valence-electron chi connectivity index (χ3n) is 5.05. The van der Waals surface area contributed by atoms with Crippen LogP contribution in [0.5, 0.6) is 11.8 Å². The molecule has 0 N–H and O–H groups in total. The Morgan fingerprint density at radius 1 is 1.00 bits per heavy atom. The summed E-state index contributed by atoms with van der Waals surface area (Å²) in [6.45, 7) is 0.261. The number of fused-ring (bicyclic) bond motifs is 1. The predicted octanol–water partition coefficient (Wildman–Crippen LogP) is 2.71. The maximum atomic E-state index is 12.9. The molecule has 0 atom stereocenters. The molecular formula is C22H19ClN4O5. The Bertz CT molecular complexity index is 1430. The first-order valence-corrected chi connectivity index (χ1v) is 9.95. The normalized spacial score (nSPS) is 11.0. The molecule has 10 heteroatoms. The third-order valence-corrected chi connectivity index (χ3v) is 5.30. The molecule has 0 spiro atoms. The SMILES string of the molecule is COC(=O)c1ccc(Oc2nc3c(c(=O)n(C)c(=O)n3C)n2Cc2ccc(Cl)cc2)cc1. The summed E-state index contributed by atoms with van der Waals surface area (Å²) in [5.74, 6) is -0.0721. The first-order chi connectivity index (χ1) is 15.3. The van der Waals surface area contributed by atoms with Crippen molar-refractivity contribution >= 4 is 28.7 Å². The van der Waals surface area contributed by atoms with Crippen LogP contribution in [0.3, 0.4) is 0 Å². The Kier molecular flexibility index (Phi) is 5.58. The fraction of sp³-hybridized carbons (Fsp3) is 0.182. The smallest absolute Gasteiger partial charge is 0.337 e. The van der Waals surface area contributed by atoms with E-state index in [9.17, 15) is 14.4 Å². The zero-order chi connectivity index (χ0) is 23.0. The van der Waals surface area contributed by atoms with E-state index in [0.29, 0.717) is 16.3 Å². The molecular weight excluding hydrogens is 436 g/mol. The van der Waals surface area contributed by atoms with Crippen LogP contribution in [0.15, 0.2) is 58.1 Å². The van der Waals surface area contributed by atoms with Gasteiger partial charge in [0, 0.05) is 19.1 Å². The molecule has 0 saturated heterocycles. The lowest BCUT2D eigenvalue weighted by Gasteiger charge is -2.11. The molecule has 0 aliphatic heterocycles.